The van der Waals surface area contributed by atoms with Gasteiger partial charge in [-0.3, -0.25) is 0 Å². The minimum absolute atomic E-state index is 0.159. The summed E-state index contributed by atoms with van der Waals surface area (Å²) in [5.74, 6) is 1.58. The predicted molar refractivity (Wildman–Crippen MR) is 87.8 cm³/mol. The second-order valence-corrected chi connectivity index (χ2v) is 6.27. The van der Waals surface area contributed by atoms with Gasteiger partial charge in [0.25, 0.3) is 0 Å². The van der Waals surface area contributed by atoms with Gasteiger partial charge in [-0.2, -0.15) is 0 Å². The van der Waals surface area contributed by atoms with E-state index in [1.807, 2.05) is 25.1 Å². The fraction of sp³-hybridized carbons (Fsp3) is 0.267. The monoisotopic (exact) mass is 332 g/mol. The zero-order chi connectivity index (χ0) is 16.2. The highest BCUT2D eigenvalue weighted by atomic mass is 32.1. The molecule has 120 valence electrons. The van der Waals surface area contributed by atoms with Crippen molar-refractivity contribution in [3.8, 4) is 0 Å². The third-order valence-corrected chi connectivity index (χ3v) is 4.40. The Morgan fingerprint density at radius 3 is 3.09 bits per heavy atom. The number of carboxylic acid groups (broad SMARTS) is 1. The fourth-order valence-corrected chi connectivity index (χ4v) is 3.48. The van der Waals surface area contributed by atoms with Gasteiger partial charge in [0.2, 0.25) is 0 Å². The van der Waals surface area contributed by atoms with Gasteiger partial charge in [0, 0.05) is 17.3 Å². The Kier molecular flexibility index (Phi) is 4.42. The average molecular weight is 332 g/mol. The normalized spacial score (nSPS) is 12.2. The van der Waals surface area contributed by atoms with E-state index in [2.05, 4.69) is 20.6 Å². The Hall–Kier alpha value is -2.61. The molecular formula is C15H16N4O3S. The molecule has 1 unspecified atom stereocenters. The van der Waals surface area contributed by atoms with Gasteiger partial charge in [-0.15, -0.1) is 11.3 Å². The first-order chi connectivity index (χ1) is 11.1. The van der Waals surface area contributed by atoms with Crippen LogP contribution in [0.2, 0.25) is 0 Å². The number of nitrogens with one attached hydrogen (secondary N) is 2. The van der Waals surface area contributed by atoms with Crippen molar-refractivity contribution in [2.45, 2.75) is 25.9 Å². The van der Waals surface area contributed by atoms with Crippen LogP contribution in [0.15, 0.2) is 35.2 Å². The summed E-state index contributed by atoms with van der Waals surface area (Å²) in [6.07, 6.45) is 2.75. The van der Waals surface area contributed by atoms with Gasteiger partial charge < -0.3 is 20.2 Å². The number of fused-ring (bicyclic) bond motifs is 1. The Labute approximate surface area is 136 Å². The summed E-state index contributed by atoms with van der Waals surface area (Å²) >= 11 is 1.57. The van der Waals surface area contributed by atoms with Gasteiger partial charge in [-0.1, -0.05) is 0 Å². The van der Waals surface area contributed by atoms with Crippen molar-refractivity contribution in [2.75, 3.05) is 5.32 Å². The molecule has 3 heterocycles. The van der Waals surface area contributed by atoms with Gasteiger partial charge in [-0.05, 0) is 25.1 Å². The van der Waals surface area contributed by atoms with Crippen molar-refractivity contribution in [3.63, 3.8) is 0 Å². The van der Waals surface area contributed by atoms with E-state index in [0.717, 1.165) is 26.7 Å². The molecule has 0 aromatic carbocycles. The highest BCUT2D eigenvalue weighted by Crippen LogP contribution is 2.30. The zero-order valence-electron chi connectivity index (χ0n) is 12.4. The lowest BCUT2D eigenvalue weighted by Gasteiger charge is -2.08. The zero-order valence-corrected chi connectivity index (χ0v) is 13.3. The van der Waals surface area contributed by atoms with Gasteiger partial charge >= 0.3 is 6.09 Å². The molecular weight excluding hydrogens is 316 g/mol. The van der Waals surface area contributed by atoms with Crippen LogP contribution in [0, 0.1) is 0 Å². The number of amides is 1. The molecule has 0 fully saturated rings. The molecule has 7 nitrogen and oxygen atoms in total. The summed E-state index contributed by atoms with van der Waals surface area (Å²) in [4.78, 5) is 20.3. The number of hydrogen-bond donors (Lipinski definition) is 3. The standard InChI is InChI=1S/C15H16N4O3S/c1-9(19-15(20)21)5-11-6-12-13(23-11)14(18-8-17-12)16-7-10-3-2-4-22-10/h2-4,6,8-9,19H,5,7H2,1H3,(H,20,21)(H,16,17,18). The van der Waals surface area contributed by atoms with Crippen molar-refractivity contribution < 1.29 is 14.3 Å². The van der Waals surface area contributed by atoms with Crippen LogP contribution < -0.4 is 10.6 Å². The lowest BCUT2D eigenvalue weighted by Crippen LogP contribution is -2.32. The minimum Gasteiger partial charge on any atom is -0.467 e. The molecule has 0 saturated carbocycles. The molecule has 0 aliphatic carbocycles. The maximum Gasteiger partial charge on any atom is 0.404 e. The third kappa shape index (κ3) is 3.78. The van der Waals surface area contributed by atoms with Crippen LogP contribution in [-0.2, 0) is 13.0 Å². The molecule has 0 aliphatic heterocycles. The molecule has 1 atom stereocenters. The van der Waals surface area contributed by atoms with Gasteiger partial charge in [0.15, 0.2) is 0 Å². The summed E-state index contributed by atoms with van der Waals surface area (Å²) in [7, 11) is 0. The average Bonchev–Trinajstić information content (AvgIpc) is 3.12. The summed E-state index contributed by atoms with van der Waals surface area (Å²) < 4.78 is 6.25. The number of nitrogens with zero attached hydrogens (tertiary/aromatic N) is 2. The van der Waals surface area contributed by atoms with Gasteiger partial charge in [0.1, 0.15) is 17.9 Å². The molecule has 1 amide bonds. The first-order valence-corrected chi connectivity index (χ1v) is 7.92. The van der Waals surface area contributed by atoms with Crippen molar-refractivity contribution in [3.05, 3.63) is 41.4 Å². The van der Waals surface area contributed by atoms with E-state index in [9.17, 15) is 4.79 Å². The van der Waals surface area contributed by atoms with Crippen molar-refractivity contribution in [1.82, 2.24) is 15.3 Å². The number of furan rings is 1. The van der Waals surface area contributed by atoms with E-state index < -0.39 is 6.09 Å². The van der Waals surface area contributed by atoms with Crippen molar-refractivity contribution in [1.29, 1.82) is 0 Å². The number of carbonyl (C=O) groups is 1. The largest absolute Gasteiger partial charge is 0.467 e. The molecule has 3 N–H and O–H groups in total. The molecule has 0 radical (unpaired) electrons. The number of hydrogen-bond acceptors (Lipinski definition) is 6. The van der Waals surface area contributed by atoms with E-state index >= 15 is 0 Å². The lowest BCUT2D eigenvalue weighted by atomic mass is 10.2. The van der Waals surface area contributed by atoms with Crippen molar-refractivity contribution in [2.24, 2.45) is 0 Å². The quantitative estimate of drug-likeness (QED) is 0.641. The van der Waals surface area contributed by atoms with Crippen LogP contribution in [0.3, 0.4) is 0 Å². The Morgan fingerprint density at radius 2 is 2.35 bits per heavy atom. The SMILES string of the molecule is CC(Cc1cc2ncnc(NCc3ccco3)c2s1)NC(=O)O. The fourth-order valence-electron chi connectivity index (χ4n) is 2.28. The lowest BCUT2D eigenvalue weighted by molar-refractivity contribution is 0.191. The molecule has 3 aromatic heterocycles. The molecule has 3 aromatic rings. The van der Waals surface area contributed by atoms with E-state index in [-0.39, 0.29) is 6.04 Å². The number of thiophene rings is 1. The maximum absolute atomic E-state index is 10.7. The molecule has 0 spiro atoms. The first-order valence-electron chi connectivity index (χ1n) is 7.11. The molecule has 23 heavy (non-hydrogen) atoms. The summed E-state index contributed by atoms with van der Waals surface area (Å²) in [6, 6.07) is 5.55. The minimum atomic E-state index is -1.01. The van der Waals surface area contributed by atoms with Gasteiger partial charge in [-0.25, -0.2) is 14.8 Å². The summed E-state index contributed by atoms with van der Waals surface area (Å²) in [5, 5.41) is 14.5. The van der Waals surface area contributed by atoms with Crippen LogP contribution in [0.1, 0.15) is 17.6 Å². The Bertz CT molecular complexity index is 800. The topological polar surface area (TPSA) is 100 Å². The molecule has 0 aliphatic rings. The second kappa shape index (κ2) is 6.66. The van der Waals surface area contributed by atoms with Crippen LogP contribution in [-0.4, -0.2) is 27.2 Å². The molecule has 8 heteroatoms. The predicted octanol–water partition coefficient (Wildman–Crippen LogP) is 3.10. The van der Waals surface area contributed by atoms with Gasteiger partial charge in [0.05, 0.1) is 23.0 Å². The number of rotatable bonds is 6. The van der Waals surface area contributed by atoms with Crippen molar-refractivity contribution >= 4 is 33.5 Å². The van der Waals surface area contributed by atoms with Crippen LogP contribution in [0.25, 0.3) is 10.2 Å². The first kappa shape index (κ1) is 15.3. The number of aromatic nitrogens is 2. The highest BCUT2D eigenvalue weighted by molar-refractivity contribution is 7.19. The summed E-state index contributed by atoms with van der Waals surface area (Å²) in [6.45, 7) is 2.38. The second-order valence-electron chi connectivity index (χ2n) is 5.14. The van der Waals surface area contributed by atoms with E-state index in [0.29, 0.717) is 13.0 Å². The molecule has 0 bridgehead atoms. The van der Waals surface area contributed by atoms with E-state index in [1.165, 1.54) is 6.33 Å². The smallest absolute Gasteiger partial charge is 0.404 e. The van der Waals surface area contributed by atoms with Crippen LogP contribution in [0.5, 0.6) is 0 Å². The molecule has 0 saturated heterocycles. The van der Waals surface area contributed by atoms with Crippen LogP contribution in [0.4, 0.5) is 10.6 Å². The van der Waals surface area contributed by atoms with E-state index in [4.69, 9.17) is 9.52 Å². The van der Waals surface area contributed by atoms with Crippen LogP contribution >= 0.6 is 11.3 Å². The summed E-state index contributed by atoms with van der Waals surface area (Å²) in [5.41, 5.74) is 0.851. The molecule has 3 rings (SSSR count). The van der Waals surface area contributed by atoms with E-state index in [1.54, 1.807) is 17.6 Å². The Morgan fingerprint density at radius 1 is 1.48 bits per heavy atom. The highest BCUT2D eigenvalue weighted by Gasteiger charge is 2.12. The maximum atomic E-state index is 10.7. The number of anilines is 1. The third-order valence-electron chi connectivity index (χ3n) is 3.25. The Balaban J connectivity index is 1.76.